The van der Waals surface area contributed by atoms with Crippen molar-refractivity contribution in [1.29, 1.82) is 0 Å². The van der Waals surface area contributed by atoms with Gasteiger partial charge in [-0.3, -0.25) is 0 Å². The van der Waals surface area contributed by atoms with Crippen molar-refractivity contribution >= 4 is 23.4 Å². The van der Waals surface area contributed by atoms with Crippen molar-refractivity contribution in [2.24, 2.45) is 0 Å². The first-order valence-electron chi connectivity index (χ1n) is 7.33. The van der Waals surface area contributed by atoms with Crippen LogP contribution in [0.4, 0.5) is 5.69 Å². The summed E-state index contributed by atoms with van der Waals surface area (Å²) in [6.07, 6.45) is 9.70. The Morgan fingerprint density at radius 1 is 1.25 bits per heavy atom. The molecule has 2 aliphatic rings. The molecule has 1 saturated heterocycles. The third-order valence-corrected chi connectivity index (χ3v) is 4.32. The monoisotopic (exact) mass is 293 g/mol. The molecule has 3 nitrogen and oxygen atoms in total. The van der Waals surface area contributed by atoms with E-state index < -0.39 is 0 Å². The summed E-state index contributed by atoms with van der Waals surface area (Å²) < 4.78 is 5.93. The molecule has 0 bridgehead atoms. The number of halogens is 1. The number of phenols is 1. The molecule has 0 aromatic heterocycles. The summed E-state index contributed by atoms with van der Waals surface area (Å²) in [6, 6.07) is 3.76. The average molecular weight is 294 g/mol. The molecule has 0 amide bonds. The second kappa shape index (κ2) is 6.06. The minimum absolute atomic E-state index is 0.120. The molecular weight excluding hydrogens is 274 g/mol. The summed E-state index contributed by atoms with van der Waals surface area (Å²) in [4.78, 5) is 2.29. The van der Waals surface area contributed by atoms with Crippen molar-refractivity contribution in [3.05, 3.63) is 28.8 Å². The maximum Gasteiger partial charge on any atom is 0.143 e. The summed E-state index contributed by atoms with van der Waals surface area (Å²) >= 11 is 6.04. The molecule has 0 aliphatic carbocycles. The van der Waals surface area contributed by atoms with Crippen LogP contribution in [0.3, 0.4) is 0 Å². The van der Waals surface area contributed by atoms with E-state index in [1.807, 2.05) is 12.1 Å². The van der Waals surface area contributed by atoms with E-state index in [2.05, 4.69) is 11.0 Å². The zero-order valence-corrected chi connectivity index (χ0v) is 12.3. The van der Waals surface area contributed by atoms with Crippen molar-refractivity contribution in [2.75, 3.05) is 18.1 Å². The number of ether oxygens (including phenoxy) is 1. The standard InChI is InChI=1S/C16H20ClNO2/c17-13-8-9-14-12(16(13)19)6-2-1-4-10-18(14)15-7-3-5-11-20-15/h2,6,8-9,15,19H,1,3-5,7,10-11H2/b6-2+. The Hall–Kier alpha value is -1.19. The molecule has 0 saturated carbocycles. The number of hydrogen-bond donors (Lipinski definition) is 1. The minimum atomic E-state index is 0.120. The maximum atomic E-state index is 10.2. The molecule has 0 radical (unpaired) electrons. The summed E-state index contributed by atoms with van der Waals surface area (Å²) in [5.74, 6) is 0.170. The fourth-order valence-corrected chi connectivity index (χ4v) is 3.12. The van der Waals surface area contributed by atoms with Crippen LogP contribution < -0.4 is 4.90 Å². The van der Waals surface area contributed by atoms with Crippen molar-refractivity contribution in [1.82, 2.24) is 0 Å². The first-order chi connectivity index (χ1) is 9.77. The molecule has 20 heavy (non-hydrogen) atoms. The Balaban J connectivity index is 2.01. The highest BCUT2D eigenvalue weighted by atomic mass is 35.5. The Morgan fingerprint density at radius 2 is 2.15 bits per heavy atom. The third kappa shape index (κ3) is 2.65. The number of aromatic hydroxyl groups is 1. The van der Waals surface area contributed by atoms with E-state index in [1.54, 1.807) is 6.07 Å². The topological polar surface area (TPSA) is 32.7 Å². The van der Waals surface area contributed by atoms with E-state index >= 15 is 0 Å². The number of rotatable bonds is 1. The molecule has 1 fully saturated rings. The van der Waals surface area contributed by atoms with Crippen molar-refractivity contribution < 1.29 is 9.84 Å². The zero-order valence-electron chi connectivity index (χ0n) is 11.5. The lowest BCUT2D eigenvalue weighted by atomic mass is 10.0. The van der Waals surface area contributed by atoms with Gasteiger partial charge in [-0.15, -0.1) is 0 Å². The molecule has 3 rings (SSSR count). The van der Waals surface area contributed by atoms with Crippen LogP contribution in [0.1, 0.15) is 37.7 Å². The second-order valence-electron chi connectivity index (χ2n) is 5.39. The number of allylic oxidation sites excluding steroid dienone is 1. The minimum Gasteiger partial charge on any atom is -0.506 e. The number of nitrogens with zero attached hydrogens (tertiary/aromatic N) is 1. The number of fused-ring (bicyclic) bond motifs is 1. The van der Waals surface area contributed by atoms with Crippen LogP contribution in [0, 0.1) is 0 Å². The van der Waals surface area contributed by atoms with E-state index in [9.17, 15) is 5.11 Å². The molecular formula is C16H20ClNO2. The van der Waals surface area contributed by atoms with Crippen LogP contribution in [0.2, 0.25) is 5.02 Å². The fourth-order valence-electron chi connectivity index (χ4n) is 2.96. The first kappa shape index (κ1) is 13.8. The molecule has 4 heteroatoms. The maximum absolute atomic E-state index is 10.2. The van der Waals surface area contributed by atoms with Gasteiger partial charge < -0.3 is 14.7 Å². The molecule has 1 aromatic rings. The lowest BCUT2D eigenvalue weighted by Crippen LogP contribution is -2.40. The zero-order chi connectivity index (χ0) is 13.9. The Morgan fingerprint density at radius 3 is 2.95 bits per heavy atom. The molecule has 1 unspecified atom stereocenters. The van der Waals surface area contributed by atoms with Gasteiger partial charge in [0, 0.05) is 24.4 Å². The normalized spacial score (nSPS) is 24.6. The molecule has 1 atom stereocenters. The van der Waals surface area contributed by atoms with Gasteiger partial charge >= 0.3 is 0 Å². The number of phenolic OH excluding ortho intramolecular Hbond substituents is 1. The average Bonchev–Trinajstić information content (AvgIpc) is 2.45. The quantitative estimate of drug-likeness (QED) is 0.843. The van der Waals surface area contributed by atoms with Gasteiger partial charge in [-0.2, -0.15) is 0 Å². The summed E-state index contributed by atoms with van der Waals surface area (Å²) in [5.41, 5.74) is 1.83. The van der Waals surface area contributed by atoms with E-state index in [1.165, 1.54) is 6.42 Å². The predicted octanol–water partition coefficient (Wildman–Crippen LogP) is 4.19. The van der Waals surface area contributed by atoms with Crippen LogP contribution in [-0.4, -0.2) is 24.5 Å². The van der Waals surface area contributed by atoms with Crippen LogP contribution in [0.5, 0.6) is 5.75 Å². The summed E-state index contributed by atoms with van der Waals surface area (Å²) in [7, 11) is 0. The number of benzene rings is 1. The fraction of sp³-hybridized carbons (Fsp3) is 0.500. The molecule has 108 valence electrons. The molecule has 1 N–H and O–H groups in total. The van der Waals surface area contributed by atoms with Crippen molar-refractivity contribution in [3.63, 3.8) is 0 Å². The van der Waals surface area contributed by atoms with E-state index in [0.29, 0.717) is 5.02 Å². The molecule has 0 spiro atoms. The smallest absolute Gasteiger partial charge is 0.143 e. The van der Waals surface area contributed by atoms with Gasteiger partial charge in [-0.05, 0) is 44.2 Å². The second-order valence-corrected chi connectivity index (χ2v) is 5.80. The van der Waals surface area contributed by atoms with Gasteiger partial charge in [0.15, 0.2) is 0 Å². The molecule has 2 heterocycles. The SMILES string of the molecule is Oc1c(Cl)ccc2c1/C=C/CCCN2C1CCCCO1. The lowest BCUT2D eigenvalue weighted by molar-refractivity contribution is 0.0141. The Labute approximate surface area is 124 Å². The highest BCUT2D eigenvalue weighted by molar-refractivity contribution is 6.32. The largest absolute Gasteiger partial charge is 0.506 e. The van der Waals surface area contributed by atoms with E-state index in [-0.39, 0.29) is 12.0 Å². The summed E-state index contributed by atoms with van der Waals surface area (Å²) in [5, 5.41) is 10.6. The molecule has 2 aliphatic heterocycles. The first-order valence-corrected chi connectivity index (χ1v) is 7.71. The highest BCUT2D eigenvalue weighted by Gasteiger charge is 2.25. The Bertz CT molecular complexity index is 509. The van der Waals surface area contributed by atoms with E-state index in [0.717, 1.165) is 50.1 Å². The van der Waals surface area contributed by atoms with Gasteiger partial charge in [0.05, 0.1) is 5.02 Å². The van der Waals surface area contributed by atoms with Gasteiger partial charge in [0.2, 0.25) is 0 Å². The number of hydrogen-bond acceptors (Lipinski definition) is 3. The number of anilines is 1. The van der Waals surface area contributed by atoms with Gasteiger partial charge in [-0.25, -0.2) is 0 Å². The van der Waals surface area contributed by atoms with E-state index in [4.69, 9.17) is 16.3 Å². The lowest BCUT2D eigenvalue weighted by Gasteiger charge is -2.37. The third-order valence-electron chi connectivity index (χ3n) is 4.01. The van der Waals surface area contributed by atoms with Crippen LogP contribution in [0.25, 0.3) is 6.08 Å². The summed E-state index contributed by atoms with van der Waals surface area (Å²) in [6.45, 7) is 1.77. The molecule has 1 aromatic carbocycles. The van der Waals surface area contributed by atoms with Crippen LogP contribution in [0.15, 0.2) is 18.2 Å². The Kier molecular flexibility index (Phi) is 4.18. The van der Waals surface area contributed by atoms with Crippen LogP contribution in [-0.2, 0) is 4.74 Å². The van der Waals surface area contributed by atoms with Crippen molar-refractivity contribution in [3.8, 4) is 5.75 Å². The highest BCUT2D eigenvalue weighted by Crippen LogP contribution is 2.38. The van der Waals surface area contributed by atoms with Gasteiger partial charge in [-0.1, -0.05) is 23.8 Å². The van der Waals surface area contributed by atoms with Crippen LogP contribution >= 0.6 is 11.6 Å². The van der Waals surface area contributed by atoms with Crippen molar-refractivity contribution in [2.45, 2.75) is 38.3 Å². The van der Waals surface area contributed by atoms with Gasteiger partial charge in [0.25, 0.3) is 0 Å². The van der Waals surface area contributed by atoms with Gasteiger partial charge in [0.1, 0.15) is 12.0 Å². The predicted molar refractivity (Wildman–Crippen MR) is 82.3 cm³/mol.